The molecule has 3 aromatic rings. The lowest BCUT2D eigenvalue weighted by atomic mass is 9.97. The Morgan fingerprint density at radius 1 is 1.18 bits per heavy atom. The van der Waals surface area contributed by atoms with Crippen molar-refractivity contribution in [3.8, 4) is 0 Å². The molecule has 38 heavy (non-hydrogen) atoms. The Hall–Kier alpha value is -2.58. The van der Waals surface area contributed by atoms with E-state index in [1.807, 2.05) is 5.38 Å². The molecular weight excluding hydrogens is 610 g/mol. The lowest BCUT2D eigenvalue weighted by Gasteiger charge is -2.31. The van der Waals surface area contributed by atoms with Crippen LogP contribution in [0.1, 0.15) is 53.2 Å². The van der Waals surface area contributed by atoms with Crippen molar-refractivity contribution in [2.45, 2.75) is 42.5 Å². The number of hydrogen-bond donors (Lipinski definition) is 0. The predicted molar refractivity (Wildman–Crippen MR) is 138 cm³/mol. The van der Waals surface area contributed by atoms with Gasteiger partial charge in [-0.05, 0) is 37.1 Å². The first-order chi connectivity index (χ1) is 18.2. The summed E-state index contributed by atoms with van der Waals surface area (Å²) in [6, 6.07) is 6.85. The van der Waals surface area contributed by atoms with Crippen LogP contribution in [0.4, 0.5) is 17.6 Å². The van der Waals surface area contributed by atoms with E-state index in [1.165, 1.54) is 23.5 Å². The third-order valence-corrected chi connectivity index (χ3v) is 8.88. The topological polar surface area (TPSA) is 80.6 Å². The second-order valence-corrected chi connectivity index (χ2v) is 11.5. The molecule has 5 rings (SSSR count). The summed E-state index contributed by atoms with van der Waals surface area (Å²) < 4.78 is 52.8. The van der Waals surface area contributed by atoms with Gasteiger partial charge in [-0.25, -0.2) is 9.37 Å². The van der Waals surface area contributed by atoms with E-state index in [2.05, 4.69) is 31.3 Å². The third kappa shape index (κ3) is 6.01. The zero-order valence-corrected chi connectivity index (χ0v) is 22.8. The molecule has 1 saturated heterocycles. The summed E-state index contributed by atoms with van der Waals surface area (Å²) in [5.41, 5.74) is 0.754. The maximum absolute atomic E-state index is 14.3. The summed E-state index contributed by atoms with van der Waals surface area (Å²) in [5, 5.41) is 14.0. The molecule has 0 radical (unpaired) electrons. The van der Waals surface area contributed by atoms with E-state index in [-0.39, 0.29) is 28.4 Å². The Morgan fingerprint density at radius 2 is 1.97 bits per heavy atom. The number of halogens is 5. The van der Waals surface area contributed by atoms with E-state index in [9.17, 15) is 22.4 Å². The molecular formula is C24H20BrF4N5O2S2. The number of piperidine rings is 1. The number of aromatic nitrogens is 3. The van der Waals surface area contributed by atoms with Gasteiger partial charge >= 0.3 is 6.18 Å². The maximum Gasteiger partial charge on any atom is 0.435 e. The fraction of sp³-hybridized carbons (Fsp3) is 0.375. The minimum atomic E-state index is -4.55. The lowest BCUT2D eigenvalue weighted by Crippen LogP contribution is -2.38. The second-order valence-electron chi connectivity index (χ2n) is 8.74. The SMILES string of the molecule is O=C(CSc1ccc(C(F)(F)F)nn1)N1CCC(c2nc(C3=NOC(c4c(F)cccc4Br)C3)cs2)CC1. The van der Waals surface area contributed by atoms with Gasteiger partial charge in [0.25, 0.3) is 0 Å². The summed E-state index contributed by atoms with van der Waals surface area (Å²) in [4.78, 5) is 24.6. The van der Waals surface area contributed by atoms with Gasteiger partial charge in [0, 0.05) is 40.8 Å². The summed E-state index contributed by atoms with van der Waals surface area (Å²) >= 11 is 5.97. The van der Waals surface area contributed by atoms with E-state index < -0.39 is 18.0 Å². The molecule has 0 bridgehead atoms. The van der Waals surface area contributed by atoms with Gasteiger partial charge in [-0.15, -0.1) is 21.5 Å². The fourth-order valence-corrected chi connectivity index (χ4v) is 6.57. The Morgan fingerprint density at radius 3 is 2.66 bits per heavy atom. The summed E-state index contributed by atoms with van der Waals surface area (Å²) in [6.07, 6.45) is -3.16. The number of benzene rings is 1. The van der Waals surface area contributed by atoms with Crippen molar-refractivity contribution in [2.24, 2.45) is 5.16 Å². The van der Waals surface area contributed by atoms with Crippen LogP contribution in [0.25, 0.3) is 0 Å². The molecule has 14 heteroatoms. The molecule has 2 aromatic heterocycles. The fourth-order valence-electron chi connectivity index (χ4n) is 4.26. The van der Waals surface area contributed by atoms with Gasteiger partial charge in [-0.3, -0.25) is 4.79 Å². The Kier molecular flexibility index (Phi) is 8.00. The van der Waals surface area contributed by atoms with Crippen LogP contribution in [0.15, 0.2) is 50.4 Å². The molecule has 1 fully saturated rings. The number of rotatable bonds is 6. The first-order valence-corrected chi connectivity index (χ1v) is 14.3. The second kappa shape index (κ2) is 11.3. The zero-order valence-electron chi connectivity index (χ0n) is 19.6. The van der Waals surface area contributed by atoms with Crippen LogP contribution in [-0.2, 0) is 15.8 Å². The van der Waals surface area contributed by atoms with Gasteiger partial charge in [0.1, 0.15) is 16.6 Å². The summed E-state index contributed by atoms with van der Waals surface area (Å²) in [7, 11) is 0. The van der Waals surface area contributed by atoms with Crippen molar-refractivity contribution in [1.82, 2.24) is 20.1 Å². The first kappa shape index (κ1) is 27.0. The van der Waals surface area contributed by atoms with Gasteiger partial charge in [0.05, 0.1) is 16.5 Å². The van der Waals surface area contributed by atoms with Crippen LogP contribution in [0.2, 0.25) is 0 Å². The predicted octanol–water partition coefficient (Wildman–Crippen LogP) is 6.22. The number of amides is 1. The van der Waals surface area contributed by atoms with E-state index in [1.54, 1.807) is 17.0 Å². The number of thioether (sulfide) groups is 1. The Labute approximate surface area is 231 Å². The van der Waals surface area contributed by atoms with Crippen LogP contribution in [0, 0.1) is 5.82 Å². The van der Waals surface area contributed by atoms with Gasteiger partial charge in [0.2, 0.25) is 5.91 Å². The average Bonchev–Trinajstić information content (AvgIpc) is 3.57. The molecule has 2 aliphatic heterocycles. The average molecular weight is 630 g/mol. The van der Waals surface area contributed by atoms with E-state index in [0.717, 1.165) is 35.7 Å². The van der Waals surface area contributed by atoms with Gasteiger partial charge in [-0.2, -0.15) is 13.2 Å². The van der Waals surface area contributed by atoms with Crippen LogP contribution in [0.3, 0.4) is 0 Å². The van der Waals surface area contributed by atoms with Crippen LogP contribution >= 0.6 is 39.0 Å². The lowest BCUT2D eigenvalue weighted by molar-refractivity contribution is -0.141. The highest BCUT2D eigenvalue weighted by Gasteiger charge is 2.33. The molecule has 0 aliphatic carbocycles. The third-order valence-electron chi connectivity index (χ3n) is 6.28. The minimum absolute atomic E-state index is 0.0746. The summed E-state index contributed by atoms with van der Waals surface area (Å²) in [5.74, 6) is -0.180. The molecule has 7 nitrogen and oxygen atoms in total. The van der Waals surface area contributed by atoms with Crippen LogP contribution in [0.5, 0.6) is 0 Å². The molecule has 1 amide bonds. The number of carbonyl (C=O) groups excluding carboxylic acids is 1. The number of alkyl halides is 3. The number of carbonyl (C=O) groups is 1. The zero-order chi connectivity index (χ0) is 26.9. The van der Waals surface area contributed by atoms with E-state index in [0.29, 0.717) is 41.0 Å². The van der Waals surface area contributed by atoms with E-state index >= 15 is 0 Å². The number of likely N-dealkylation sites (tertiary alicyclic amines) is 1. The largest absolute Gasteiger partial charge is 0.435 e. The molecule has 200 valence electrons. The van der Waals surface area contributed by atoms with Gasteiger partial charge in [0.15, 0.2) is 11.8 Å². The number of oxime groups is 1. The molecule has 0 spiro atoms. The monoisotopic (exact) mass is 629 g/mol. The standard InChI is InChI=1S/C24H20BrF4N5O2S2/c25-14-2-1-3-15(26)22(14)18-10-16(33-36-18)17-11-38-23(30-17)13-6-8-34(9-7-13)21(35)12-37-20-5-4-19(31-32-20)24(27,28)29/h1-5,11,13,18H,6-10,12H2. The highest BCUT2D eigenvalue weighted by atomic mass is 79.9. The number of thiazole rings is 1. The highest BCUT2D eigenvalue weighted by molar-refractivity contribution is 9.10. The molecule has 1 atom stereocenters. The Balaban J connectivity index is 1.11. The van der Waals surface area contributed by atoms with Gasteiger partial charge in [-0.1, -0.05) is 38.9 Å². The van der Waals surface area contributed by atoms with Gasteiger partial charge < -0.3 is 9.74 Å². The molecule has 0 saturated carbocycles. The van der Waals surface area contributed by atoms with E-state index in [4.69, 9.17) is 9.82 Å². The molecule has 2 aliphatic rings. The normalized spacial score (nSPS) is 18.4. The van der Waals surface area contributed by atoms with Crippen molar-refractivity contribution in [2.75, 3.05) is 18.8 Å². The smallest absolute Gasteiger partial charge is 0.387 e. The highest BCUT2D eigenvalue weighted by Crippen LogP contribution is 2.37. The van der Waals surface area contributed by atoms with Crippen molar-refractivity contribution in [3.63, 3.8) is 0 Å². The van der Waals surface area contributed by atoms with Crippen LogP contribution < -0.4 is 0 Å². The molecule has 4 heterocycles. The minimum Gasteiger partial charge on any atom is -0.387 e. The Bertz CT molecular complexity index is 1320. The quantitative estimate of drug-likeness (QED) is 0.238. The first-order valence-electron chi connectivity index (χ1n) is 11.6. The van der Waals surface area contributed by atoms with Crippen molar-refractivity contribution < 1.29 is 27.2 Å². The number of nitrogens with zero attached hydrogens (tertiary/aromatic N) is 5. The van der Waals surface area contributed by atoms with Crippen molar-refractivity contribution in [1.29, 1.82) is 0 Å². The number of hydrogen-bond acceptors (Lipinski definition) is 8. The molecule has 1 unspecified atom stereocenters. The summed E-state index contributed by atoms with van der Waals surface area (Å²) in [6.45, 7) is 1.12. The van der Waals surface area contributed by atoms with Crippen LogP contribution in [-0.4, -0.2) is 50.5 Å². The van der Waals surface area contributed by atoms with Crippen molar-refractivity contribution in [3.05, 3.63) is 68.0 Å². The maximum atomic E-state index is 14.3. The molecule has 0 N–H and O–H groups in total. The molecule has 1 aromatic carbocycles. The van der Waals surface area contributed by atoms with Crippen molar-refractivity contribution >= 4 is 50.6 Å².